The Morgan fingerprint density at radius 2 is 1.81 bits per heavy atom. The summed E-state index contributed by atoms with van der Waals surface area (Å²) in [6.07, 6.45) is 3.76. The second-order valence-corrected chi connectivity index (χ2v) is 4.67. The highest BCUT2D eigenvalue weighted by Gasteiger charge is 2.09. The predicted molar refractivity (Wildman–Crippen MR) is 71.5 cm³/mol. The summed E-state index contributed by atoms with van der Waals surface area (Å²) < 4.78 is 0. The van der Waals surface area contributed by atoms with Gasteiger partial charge in [-0.15, -0.1) is 0 Å². The molecule has 1 heteroatoms. The van der Waals surface area contributed by atoms with Crippen LogP contribution in [0.5, 0.6) is 0 Å². The van der Waals surface area contributed by atoms with Gasteiger partial charge >= 0.3 is 0 Å². The molecule has 2 atom stereocenters. The molecule has 0 saturated heterocycles. The first kappa shape index (κ1) is 13.2. The number of hydrogen-bond acceptors (Lipinski definition) is 1. The number of hydrogen-bond donors (Lipinski definition) is 1. The average molecular weight is 219 g/mol. The second-order valence-electron chi connectivity index (χ2n) is 4.67. The van der Waals surface area contributed by atoms with E-state index in [1.807, 2.05) is 0 Å². The van der Waals surface area contributed by atoms with E-state index in [-0.39, 0.29) is 0 Å². The molecule has 90 valence electrons. The molecule has 0 aromatic heterocycles. The van der Waals surface area contributed by atoms with Crippen molar-refractivity contribution in [3.05, 3.63) is 35.9 Å². The third-order valence-electron chi connectivity index (χ3n) is 3.10. The van der Waals surface area contributed by atoms with Crippen molar-refractivity contribution in [2.45, 2.75) is 46.1 Å². The van der Waals surface area contributed by atoms with Gasteiger partial charge in [-0.2, -0.15) is 0 Å². The molecule has 1 aromatic rings. The van der Waals surface area contributed by atoms with E-state index in [1.54, 1.807) is 0 Å². The molecule has 0 spiro atoms. The van der Waals surface area contributed by atoms with Crippen LogP contribution >= 0.6 is 0 Å². The van der Waals surface area contributed by atoms with Gasteiger partial charge in [0, 0.05) is 6.04 Å². The minimum absolute atomic E-state index is 0.514. The summed E-state index contributed by atoms with van der Waals surface area (Å²) in [6.45, 7) is 7.95. The van der Waals surface area contributed by atoms with Gasteiger partial charge in [0.25, 0.3) is 0 Å². The van der Waals surface area contributed by atoms with Gasteiger partial charge in [-0.1, -0.05) is 57.5 Å². The summed E-state index contributed by atoms with van der Waals surface area (Å²) in [5.41, 5.74) is 1.41. The second kappa shape index (κ2) is 7.45. The molecular weight excluding hydrogens is 194 g/mol. The van der Waals surface area contributed by atoms with E-state index in [9.17, 15) is 0 Å². The van der Waals surface area contributed by atoms with E-state index < -0.39 is 0 Å². The molecule has 0 aliphatic rings. The Morgan fingerprint density at radius 1 is 1.12 bits per heavy atom. The van der Waals surface area contributed by atoms with Gasteiger partial charge in [0.05, 0.1) is 0 Å². The monoisotopic (exact) mass is 219 g/mol. The zero-order valence-corrected chi connectivity index (χ0v) is 10.9. The van der Waals surface area contributed by atoms with Crippen molar-refractivity contribution in [1.29, 1.82) is 0 Å². The third-order valence-corrected chi connectivity index (χ3v) is 3.10. The van der Waals surface area contributed by atoms with Crippen LogP contribution in [0, 0.1) is 5.92 Å². The molecule has 0 heterocycles. The molecule has 0 amide bonds. The van der Waals surface area contributed by atoms with Crippen molar-refractivity contribution in [3.63, 3.8) is 0 Å². The maximum atomic E-state index is 3.67. The third kappa shape index (κ3) is 4.36. The summed E-state index contributed by atoms with van der Waals surface area (Å²) >= 11 is 0. The van der Waals surface area contributed by atoms with E-state index in [0.29, 0.717) is 6.04 Å². The average Bonchev–Trinajstić information content (AvgIpc) is 2.31. The minimum Gasteiger partial charge on any atom is -0.310 e. The minimum atomic E-state index is 0.514. The first-order valence-electron chi connectivity index (χ1n) is 6.56. The van der Waals surface area contributed by atoms with Crippen LogP contribution in [0.25, 0.3) is 0 Å². The molecule has 1 N–H and O–H groups in total. The van der Waals surface area contributed by atoms with Crippen LogP contribution < -0.4 is 5.32 Å². The fraction of sp³-hybridized carbons (Fsp3) is 0.600. The van der Waals surface area contributed by atoms with Gasteiger partial charge in [-0.05, 0) is 30.9 Å². The zero-order valence-electron chi connectivity index (χ0n) is 10.9. The lowest BCUT2D eigenvalue weighted by Crippen LogP contribution is -2.25. The molecule has 1 aromatic carbocycles. The Bertz CT molecular complexity index is 268. The standard InChI is InChI=1S/C15H25N/c1-4-9-13(3)12-16-15(5-2)14-10-7-6-8-11-14/h6-8,10-11,13,15-16H,4-5,9,12H2,1-3H3. The summed E-state index contributed by atoms with van der Waals surface area (Å²) in [4.78, 5) is 0. The smallest absolute Gasteiger partial charge is 0.0317 e. The number of benzene rings is 1. The van der Waals surface area contributed by atoms with E-state index in [0.717, 1.165) is 18.9 Å². The first-order valence-corrected chi connectivity index (χ1v) is 6.56. The fourth-order valence-corrected chi connectivity index (χ4v) is 2.12. The lowest BCUT2D eigenvalue weighted by atomic mass is 10.0. The van der Waals surface area contributed by atoms with E-state index >= 15 is 0 Å². The first-order chi connectivity index (χ1) is 7.77. The molecule has 2 unspecified atom stereocenters. The largest absolute Gasteiger partial charge is 0.310 e. The summed E-state index contributed by atoms with van der Waals surface area (Å²) in [7, 11) is 0. The van der Waals surface area contributed by atoms with Crippen LogP contribution in [0.15, 0.2) is 30.3 Å². The molecular formula is C15H25N. The Morgan fingerprint density at radius 3 is 2.38 bits per heavy atom. The highest BCUT2D eigenvalue weighted by molar-refractivity contribution is 5.18. The Hall–Kier alpha value is -0.820. The number of rotatable bonds is 7. The summed E-state index contributed by atoms with van der Waals surface area (Å²) in [5.74, 6) is 0.780. The van der Waals surface area contributed by atoms with Gasteiger partial charge in [0.15, 0.2) is 0 Å². The lowest BCUT2D eigenvalue weighted by molar-refractivity contribution is 0.425. The maximum absolute atomic E-state index is 3.67. The van der Waals surface area contributed by atoms with Gasteiger partial charge in [0.1, 0.15) is 0 Å². The van der Waals surface area contributed by atoms with Crippen LogP contribution in [0.1, 0.15) is 51.6 Å². The Labute approximate surface area is 100 Å². The molecule has 0 radical (unpaired) electrons. The summed E-state index contributed by atoms with van der Waals surface area (Å²) in [5, 5.41) is 3.67. The van der Waals surface area contributed by atoms with Crippen LogP contribution in [0.2, 0.25) is 0 Å². The van der Waals surface area contributed by atoms with Gasteiger partial charge in [-0.25, -0.2) is 0 Å². The zero-order chi connectivity index (χ0) is 11.8. The van der Waals surface area contributed by atoms with Crippen LogP contribution in [0.4, 0.5) is 0 Å². The highest BCUT2D eigenvalue weighted by atomic mass is 14.9. The van der Waals surface area contributed by atoms with E-state index in [1.165, 1.54) is 18.4 Å². The van der Waals surface area contributed by atoms with E-state index in [2.05, 4.69) is 56.4 Å². The predicted octanol–water partition coefficient (Wildman–Crippen LogP) is 4.16. The van der Waals surface area contributed by atoms with Crippen molar-refractivity contribution in [2.24, 2.45) is 5.92 Å². The SMILES string of the molecule is CCCC(C)CNC(CC)c1ccccc1. The molecule has 1 rings (SSSR count). The maximum Gasteiger partial charge on any atom is 0.0317 e. The van der Waals surface area contributed by atoms with Crippen LogP contribution in [0.3, 0.4) is 0 Å². The van der Waals surface area contributed by atoms with Crippen molar-refractivity contribution in [1.82, 2.24) is 5.32 Å². The quantitative estimate of drug-likeness (QED) is 0.726. The van der Waals surface area contributed by atoms with Crippen molar-refractivity contribution >= 4 is 0 Å². The lowest BCUT2D eigenvalue weighted by Gasteiger charge is -2.20. The van der Waals surface area contributed by atoms with Crippen molar-refractivity contribution < 1.29 is 0 Å². The molecule has 0 aliphatic carbocycles. The number of nitrogens with one attached hydrogen (secondary N) is 1. The Balaban J connectivity index is 2.44. The van der Waals surface area contributed by atoms with Crippen LogP contribution in [-0.2, 0) is 0 Å². The normalized spacial score (nSPS) is 14.7. The molecule has 0 fully saturated rings. The van der Waals surface area contributed by atoms with Gasteiger partial charge < -0.3 is 5.32 Å². The molecule has 0 aliphatic heterocycles. The van der Waals surface area contributed by atoms with Crippen molar-refractivity contribution in [2.75, 3.05) is 6.54 Å². The molecule has 0 saturated carbocycles. The topological polar surface area (TPSA) is 12.0 Å². The molecule has 16 heavy (non-hydrogen) atoms. The highest BCUT2D eigenvalue weighted by Crippen LogP contribution is 2.16. The molecule has 0 bridgehead atoms. The summed E-state index contributed by atoms with van der Waals surface area (Å²) in [6, 6.07) is 11.3. The molecule has 1 nitrogen and oxygen atoms in total. The van der Waals surface area contributed by atoms with Crippen molar-refractivity contribution in [3.8, 4) is 0 Å². The van der Waals surface area contributed by atoms with Gasteiger partial charge in [0.2, 0.25) is 0 Å². The van der Waals surface area contributed by atoms with E-state index in [4.69, 9.17) is 0 Å². The van der Waals surface area contributed by atoms with Gasteiger partial charge in [-0.3, -0.25) is 0 Å². The fourth-order valence-electron chi connectivity index (χ4n) is 2.12. The van der Waals surface area contributed by atoms with Crippen LogP contribution in [-0.4, -0.2) is 6.54 Å². The Kier molecular flexibility index (Phi) is 6.17.